The van der Waals surface area contributed by atoms with Crippen LogP contribution >= 0.6 is 0 Å². The summed E-state index contributed by atoms with van der Waals surface area (Å²) in [5.41, 5.74) is -3.27. The van der Waals surface area contributed by atoms with Crippen LogP contribution in [0, 0.1) is 0 Å². The minimum atomic E-state index is -4.94. The van der Waals surface area contributed by atoms with Crippen LogP contribution in [0.1, 0.15) is 59.9 Å². The lowest BCUT2D eigenvalue weighted by Crippen LogP contribution is -2.51. The molecule has 12 heteroatoms. The molecule has 0 bridgehead atoms. The zero-order chi connectivity index (χ0) is 26.1. The van der Waals surface area contributed by atoms with Crippen LogP contribution in [0.4, 0.5) is 26.3 Å². The van der Waals surface area contributed by atoms with Gasteiger partial charge in [0.15, 0.2) is 0 Å². The van der Waals surface area contributed by atoms with Gasteiger partial charge in [0.1, 0.15) is 5.82 Å². The second kappa shape index (κ2) is 9.74. The highest BCUT2D eigenvalue weighted by molar-refractivity contribution is 5.35. The van der Waals surface area contributed by atoms with Crippen LogP contribution in [0.25, 0.3) is 0 Å². The molecule has 0 radical (unpaired) electrons. The molecule has 1 aromatic heterocycles. The lowest BCUT2D eigenvalue weighted by Gasteiger charge is -2.41. The number of aromatic amines is 2. The molecule has 3 N–H and O–H groups in total. The smallest absolute Gasteiger partial charge is 0.372 e. The lowest BCUT2D eigenvalue weighted by molar-refractivity contribution is -0.143. The fourth-order valence-electron chi connectivity index (χ4n) is 4.43. The van der Waals surface area contributed by atoms with E-state index < -0.39 is 40.8 Å². The Hall–Kier alpha value is -3.12. The normalized spacial score (nSPS) is 21.9. The standard InChI is InChI=1S/C24H24F6N4O2/c1-14(16-9-18(23(25,26)27)11-19(10-16)24(28,29)30)36-13-22(17-5-3-2-4-6-17)8-7-15(12-31-22)20-32-21(35)34-33-20/h2-6,9-11,14-15,31H,7-8,12-13H2,1H3,(H2,32,33,34,35). The summed E-state index contributed by atoms with van der Waals surface area (Å²) in [6, 6.07) is 10.7. The summed E-state index contributed by atoms with van der Waals surface area (Å²) in [4.78, 5) is 14.1. The van der Waals surface area contributed by atoms with Crippen LogP contribution < -0.4 is 11.0 Å². The molecule has 6 nitrogen and oxygen atoms in total. The molecule has 36 heavy (non-hydrogen) atoms. The third-order valence-corrected chi connectivity index (χ3v) is 6.50. The molecule has 1 fully saturated rings. The van der Waals surface area contributed by atoms with Gasteiger partial charge in [-0.1, -0.05) is 30.3 Å². The molecule has 4 rings (SSSR count). The van der Waals surface area contributed by atoms with Crippen LogP contribution in [-0.4, -0.2) is 28.3 Å². The summed E-state index contributed by atoms with van der Waals surface area (Å²) >= 11 is 0. The number of piperidine rings is 1. The highest BCUT2D eigenvalue weighted by Crippen LogP contribution is 2.39. The first kappa shape index (κ1) is 26.0. The zero-order valence-corrected chi connectivity index (χ0v) is 19.1. The van der Waals surface area contributed by atoms with Gasteiger partial charge >= 0.3 is 18.0 Å². The Morgan fingerprint density at radius 1 is 1.06 bits per heavy atom. The molecule has 3 unspecified atom stereocenters. The Morgan fingerprint density at radius 2 is 1.69 bits per heavy atom. The minimum Gasteiger partial charge on any atom is -0.372 e. The second-order valence-electron chi connectivity index (χ2n) is 8.92. The maximum Gasteiger partial charge on any atom is 0.416 e. The SMILES string of the molecule is CC(OCC1(c2ccccc2)CCC(c2n[nH]c(=O)[nH]2)CN1)c1cc(C(F)(F)F)cc(C(F)(F)F)c1. The van der Waals surface area contributed by atoms with Crippen molar-refractivity contribution >= 4 is 0 Å². The van der Waals surface area contributed by atoms with Gasteiger partial charge in [-0.05, 0) is 49.1 Å². The summed E-state index contributed by atoms with van der Waals surface area (Å²) in [5, 5.41) is 9.74. The molecule has 1 aliphatic heterocycles. The quantitative estimate of drug-likeness (QED) is 0.391. The molecular weight excluding hydrogens is 490 g/mol. The third kappa shape index (κ3) is 5.65. The van der Waals surface area contributed by atoms with E-state index in [2.05, 4.69) is 20.5 Å². The van der Waals surface area contributed by atoms with Crippen molar-refractivity contribution in [2.45, 2.75) is 49.7 Å². The highest BCUT2D eigenvalue weighted by Gasteiger charge is 2.40. The zero-order valence-electron chi connectivity index (χ0n) is 19.1. The van der Waals surface area contributed by atoms with Gasteiger partial charge in [0.05, 0.1) is 29.4 Å². The minimum absolute atomic E-state index is 0.000415. The van der Waals surface area contributed by atoms with Crippen LogP contribution in [0.5, 0.6) is 0 Å². The van der Waals surface area contributed by atoms with Crippen molar-refractivity contribution in [3.8, 4) is 0 Å². The van der Waals surface area contributed by atoms with Gasteiger partial charge in [-0.25, -0.2) is 9.89 Å². The summed E-state index contributed by atoms with van der Waals surface area (Å²) in [6.45, 7) is 1.85. The van der Waals surface area contributed by atoms with Crippen LogP contribution in [-0.2, 0) is 22.6 Å². The predicted octanol–water partition coefficient (Wildman–Crippen LogP) is 5.28. The van der Waals surface area contributed by atoms with Gasteiger partial charge in [-0.3, -0.25) is 4.98 Å². The van der Waals surface area contributed by atoms with E-state index >= 15 is 0 Å². The van der Waals surface area contributed by atoms with Gasteiger partial charge in [0.2, 0.25) is 0 Å². The van der Waals surface area contributed by atoms with Crippen molar-refractivity contribution in [3.05, 3.63) is 87.1 Å². The monoisotopic (exact) mass is 514 g/mol. The van der Waals surface area contributed by atoms with E-state index in [-0.39, 0.29) is 24.2 Å². The van der Waals surface area contributed by atoms with E-state index in [1.54, 1.807) is 0 Å². The Morgan fingerprint density at radius 3 is 2.19 bits per heavy atom. The Balaban J connectivity index is 1.57. The maximum absolute atomic E-state index is 13.3. The summed E-state index contributed by atoms with van der Waals surface area (Å²) < 4.78 is 85.7. The summed E-state index contributed by atoms with van der Waals surface area (Å²) in [7, 11) is 0. The Bertz CT molecular complexity index is 1200. The topological polar surface area (TPSA) is 82.8 Å². The van der Waals surface area contributed by atoms with E-state index in [4.69, 9.17) is 4.74 Å². The number of alkyl halides is 6. The van der Waals surface area contributed by atoms with Gasteiger partial charge in [0, 0.05) is 12.5 Å². The first-order valence-electron chi connectivity index (χ1n) is 11.2. The van der Waals surface area contributed by atoms with Crippen molar-refractivity contribution in [1.82, 2.24) is 20.5 Å². The second-order valence-corrected chi connectivity index (χ2v) is 8.92. The van der Waals surface area contributed by atoms with Gasteiger partial charge in [-0.15, -0.1) is 0 Å². The van der Waals surface area contributed by atoms with Crippen LogP contribution in [0.3, 0.4) is 0 Å². The fourth-order valence-corrected chi connectivity index (χ4v) is 4.43. The van der Waals surface area contributed by atoms with Crippen molar-refractivity contribution in [2.75, 3.05) is 13.2 Å². The molecule has 2 aromatic carbocycles. The molecule has 0 spiro atoms. The Kier molecular flexibility index (Phi) is 7.02. The molecular formula is C24H24F6N4O2. The first-order valence-corrected chi connectivity index (χ1v) is 11.2. The van der Waals surface area contributed by atoms with E-state index in [0.717, 1.165) is 5.56 Å². The molecule has 3 atom stereocenters. The number of benzene rings is 2. The van der Waals surface area contributed by atoms with Gasteiger partial charge < -0.3 is 10.1 Å². The first-order chi connectivity index (χ1) is 16.9. The lowest BCUT2D eigenvalue weighted by atomic mass is 9.79. The number of nitrogens with one attached hydrogen (secondary N) is 3. The number of hydrogen-bond acceptors (Lipinski definition) is 4. The van der Waals surface area contributed by atoms with Gasteiger partial charge in [0.25, 0.3) is 0 Å². The van der Waals surface area contributed by atoms with E-state index in [1.807, 2.05) is 30.3 Å². The van der Waals surface area contributed by atoms with Crippen LogP contribution in [0.15, 0.2) is 53.3 Å². The van der Waals surface area contributed by atoms with Crippen molar-refractivity contribution in [3.63, 3.8) is 0 Å². The summed E-state index contributed by atoms with van der Waals surface area (Å²) in [6.07, 6.45) is -9.78. The fraction of sp³-hybridized carbons (Fsp3) is 0.417. The van der Waals surface area contributed by atoms with Crippen molar-refractivity contribution in [1.29, 1.82) is 0 Å². The number of ether oxygens (including phenoxy) is 1. The van der Waals surface area contributed by atoms with Crippen molar-refractivity contribution in [2.24, 2.45) is 0 Å². The molecule has 3 aromatic rings. The predicted molar refractivity (Wildman–Crippen MR) is 118 cm³/mol. The number of H-pyrrole nitrogens is 2. The van der Waals surface area contributed by atoms with Crippen LogP contribution in [0.2, 0.25) is 0 Å². The maximum atomic E-state index is 13.3. The number of nitrogens with zero attached hydrogens (tertiary/aromatic N) is 1. The third-order valence-electron chi connectivity index (χ3n) is 6.50. The highest BCUT2D eigenvalue weighted by atomic mass is 19.4. The molecule has 0 amide bonds. The molecule has 2 heterocycles. The number of rotatable bonds is 6. The molecule has 194 valence electrons. The van der Waals surface area contributed by atoms with Gasteiger partial charge in [-0.2, -0.15) is 31.4 Å². The average molecular weight is 514 g/mol. The molecule has 0 aliphatic carbocycles. The van der Waals surface area contributed by atoms with E-state index in [0.29, 0.717) is 37.3 Å². The average Bonchev–Trinajstić information content (AvgIpc) is 3.28. The number of aromatic nitrogens is 3. The molecule has 1 aliphatic rings. The molecule has 0 saturated carbocycles. The largest absolute Gasteiger partial charge is 0.416 e. The Labute approximate surface area is 202 Å². The van der Waals surface area contributed by atoms with E-state index in [9.17, 15) is 31.1 Å². The summed E-state index contributed by atoms with van der Waals surface area (Å²) in [5.74, 6) is 0.420. The number of hydrogen-bond donors (Lipinski definition) is 3. The van der Waals surface area contributed by atoms with Crippen molar-refractivity contribution < 1.29 is 31.1 Å². The number of halogens is 6. The van der Waals surface area contributed by atoms with E-state index in [1.165, 1.54) is 6.92 Å². The molecule has 1 saturated heterocycles.